The molecule has 0 unspecified atom stereocenters. The van der Waals surface area contributed by atoms with Gasteiger partial charge in [0.05, 0.1) is 12.1 Å². The van der Waals surface area contributed by atoms with E-state index in [1.807, 2.05) is 45.0 Å². The Morgan fingerprint density at radius 1 is 0.906 bits per heavy atom. The van der Waals surface area contributed by atoms with Gasteiger partial charge in [0.15, 0.2) is 0 Å². The quantitative estimate of drug-likeness (QED) is 0.502. The molecule has 0 bridgehead atoms. The fraction of sp³-hybridized carbons (Fsp3) is 0.154. The Morgan fingerprint density at radius 2 is 1.62 bits per heavy atom. The van der Waals surface area contributed by atoms with E-state index in [0.717, 1.165) is 16.7 Å². The van der Waals surface area contributed by atoms with Crippen LogP contribution in [0.25, 0.3) is 5.57 Å². The van der Waals surface area contributed by atoms with Crippen molar-refractivity contribution in [1.29, 1.82) is 0 Å². The normalized spacial score (nSPS) is 13.8. The molecule has 0 saturated heterocycles. The van der Waals surface area contributed by atoms with Crippen molar-refractivity contribution in [3.05, 3.63) is 105 Å². The number of anilines is 1. The lowest BCUT2D eigenvalue weighted by Gasteiger charge is -2.16. The van der Waals surface area contributed by atoms with Crippen molar-refractivity contribution in [1.82, 2.24) is 4.90 Å². The average Bonchev–Trinajstić information content (AvgIpc) is 2.99. The van der Waals surface area contributed by atoms with Crippen LogP contribution in [0.4, 0.5) is 10.1 Å². The van der Waals surface area contributed by atoms with Crippen molar-refractivity contribution in [3.8, 4) is 0 Å². The van der Waals surface area contributed by atoms with Gasteiger partial charge in [-0.1, -0.05) is 48.0 Å². The molecule has 6 heteroatoms. The third kappa shape index (κ3) is 4.04. The standard InChI is InChI=1S/C26H22ClFN2O2/c1-15-7-10-19(13-16(15)2)23-24(29-22-6-4-5-21(27)17(22)3)26(32)30(25(23)31)14-18-8-11-20(28)12-9-18/h4-13,29H,14H2,1-3H3. The molecule has 0 spiro atoms. The molecule has 2 amide bonds. The maximum atomic E-state index is 13.4. The number of rotatable bonds is 5. The van der Waals surface area contributed by atoms with E-state index in [-0.39, 0.29) is 18.1 Å². The van der Waals surface area contributed by atoms with Gasteiger partial charge in [0.2, 0.25) is 0 Å². The van der Waals surface area contributed by atoms with E-state index < -0.39 is 11.8 Å². The Hall–Kier alpha value is -3.44. The summed E-state index contributed by atoms with van der Waals surface area (Å²) < 4.78 is 13.3. The lowest BCUT2D eigenvalue weighted by atomic mass is 9.99. The first-order chi connectivity index (χ1) is 15.3. The Morgan fingerprint density at radius 3 is 2.31 bits per heavy atom. The first-order valence-corrected chi connectivity index (χ1v) is 10.6. The molecule has 1 aliphatic rings. The number of aryl methyl sites for hydroxylation is 2. The first-order valence-electron chi connectivity index (χ1n) is 10.2. The van der Waals surface area contributed by atoms with Gasteiger partial charge in [0.25, 0.3) is 11.8 Å². The fourth-order valence-corrected chi connectivity index (χ4v) is 3.82. The monoisotopic (exact) mass is 448 g/mol. The number of amides is 2. The number of imide groups is 1. The van der Waals surface area contributed by atoms with Crippen LogP contribution in [-0.4, -0.2) is 16.7 Å². The molecule has 0 aromatic heterocycles. The highest BCUT2D eigenvalue weighted by atomic mass is 35.5. The average molecular weight is 449 g/mol. The van der Waals surface area contributed by atoms with Gasteiger partial charge in [-0.25, -0.2) is 4.39 Å². The van der Waals surface area contributed by atoms with Gasteiger partial charge < -0.3 is 5.32 Å². The van der Waals surface area contributed by atoms with E-state index in [9.17, 15) is 14.0 Å². The molecule has 3 aromatic rings. The molecule has 0 aliphatic carbocycles. The van der Waals surface area contributed by atoms with Crippen molar-refractivity contribution in [2.24, 2.45) is 0 Å². The van der Waals surface area contributed by atoms with Crippen LogP contribution >= 0.6 is 11.6 Å². The predicted molar refractivity (Wildman–Crippen MR) is 125 cm³/mol. The summed E-state index contributed by atoms with van der Waals surface area (Å²) in [5, 5.41) is 3.72. The molecular weight excluding hydrogens is 427 g/mol. The van der Waals surface area contributed by atoms with Crippen LogP contribution in [-0.2, 0) is 16.1 Å². The van der Waals surface area contributed by atoms with Crippen molar-refractivity contribution in [2.45, 2.75) is 27.3 Å². The number of nitrogens with one attached hydrogen (secondary N) is 1. The zero-order chi connectivity index (χ0) is 23.0. The summed E-state index contributed by atoms with van der Waals surface area (Å²) in [5.74, 6) is -1.21. The lowest BCUT2D eigenvalue weighted by Crippen LogP contribution is -2.32. The summed E-state index contributed by atoms with van der Waals surface area (Å²) in [6.07, 6.45) is 0. The van der Waals surface area contributed by atoms with Gasteiger partial charge in [-0.3, -0.25) is 14.5 Å². The number of hydrogen-bond donors (Lipinski definition) is 1. The zero-order valence-corrected chi connectivity index (χ0v) is 18.8. The van der Waals surface area contributed by atoms with Crippen LogP contribution in [0.2, 0.25) is 5.02 Å². The largest absolute Gasteiger partial charge is 0.350 e. The summed E-state index contributed by atoms with van der Waals surface area (Å²) in [6, 6.07) is 16.8. The van der Waals surface area contributed by atoms with Crippen LogP contribution in [0.1, 0.15) is 27.8 Å². The summed E-state index contributed by atoms with van der Waals surface area (Å²) in [7, 11) is 0. The SMILES string of the molecule is Cc1ccc(C2=C(Nc3cccc(Cl)c3C)C(=O)N(Cc3ccc(F)cc3)C2=O)cc1C. The molecule has 32 heavy (non-hydrogen) atoms. The van der Waals surface area contributed by atoms with Crippen molar-refractivity contribution < 1.29 is 14.0 Å². The van der Waals surface area contributed by atoms with Crippen molar-refractivity contribution >= 4 is 34.7 Å². The Labute approximate surface area is 191 Å². The van der Waals surface area contributed by atoms with Crippen LogP contribution in [0, 0.1) is 26.6 Å². The highest BCUT2D eigenvalue weighted by Crippen LogP contribution is 2.34. The summed E-state index contributed by atoms with van der Waals surface area (Å²) in [5.41, 5.74) is 5.37. The second-order valence-corrected chi connectivity index (χ2v) is 8.32. The first kappa shape index (κ1) is 21.8. The molecule has 1 heterocycles. The van der Waals surface area contributed by atoms with Crippen LogP contribution < -0.4 is 5.32 Å². The van der Waals surface area contributed by atoms with Crippen LogP contribution in [0.15, 0.2) is 66.4 Å². The highest BCUT2D eigenvalue weighted by molar-refractivity contribution is 6.36. The Kier molecular flexibility index (Phi) is 5.85. The maximum absolute atomic E-state index is 13.4. The molecule has 0 radical (unpaired) electrons. The molecule has 1 N–H and O–H groups in total. The molecule has 1 aliphatic heterocycles. The van der Waals surface area contributed by atoms with E-state index in [0.29, 0.717) is 27.4 Å². The summed E-state index contributed by atoms with van der Waals surface area (Å²) in [6.45, 7) is 5.85. The topological polar surface area (TPSA) is 49.4 Å². The molecule has 0 saturated carbocycles. The fourth-order valence-electron chi connectivity index (χ4n) is 3.65. The van der Waals surface area contributed by atoms with Crippen molar-refractivity contribution in [3.63, 3.8) is 0 Å². The summed E-state index contributed by atoms with van der Waals surface area (Å²) in [4.78, 5) is 28.0. The smallest absolute Gasteiger partial charge is 0.278 e. The van der Waals surface area contributed by atoms with Gasteiger partial charge in [-0.05, 0) is 72.9 Å². The van der Waals surface area contributed by atoms with E-state index >= 15 is 0 Å². The van der Waals surface area contributed by atoms with Gasteiger partial charge in [0.1, 0.15) is 11.5 Å². The second-order valence-electron chi connectivity index (χ2n) is 7.91. The minimum absolute atomic E-state index is 0.0476. The lowest BCUT2D eigenvalue weighted by molar-refractivity contribution is -0.137. The third-order valence-electron chi connectivity index (χ3n) is 5.74. The van der Waals surface area contributed by atoms with E-state index in [1.54, 1.807) is 24.3 Å². The van der Waals surface area contributed by atoms with Crippen LogP contribution in [0.5, 0.6) is 0 Å². The third-order valence-corrected chi connectivity index (χ3v) is 6.15. The molecule has 0 atom stereocenters. The Bertz CT molecular complexity index is 1270. The maximum Gasteiger partial charge on any atom is 0.278 e. The van der Waals surface area contributed by atoms with Gasteiger partial charge in [0, 0.05) is 10.7 Å². The van der Waals surface area contributed by atoms with Crippen LogP contribution in [0.3, 0.4) is 0 Å². The number of carbonyl (C=O) groups excluding carboxylic acids is 2. The number of hydrogen-bond acceptors (Lipinski definition) is 3. The van der Waals surface area contributed by atoms with Crippen molar-refractivity contribution in [2.75, 3.05) is 5.32 Å². The number of halogens is 2. The molecule has 0 fully saturated rings. The summed E-state index contributed by atoms with van der Waals surface area (Å²) >= 11 is 6.26. The second kappa shape index (κ2) is 8.60. The molecule has 4 rings (SSSR count). The molecule has 162 valence electrons. The van der Waals surface area contributed by atoms with E-state index in [2.05, 4.69) is 5.32 Å². The van der Waals surface area contributed by atoms with Gasteiger partial charge >= 0.3 is 0 Å². The number of carbonyl (C=O) groups is 2. The highest BCUT2D eigenvalue weighted by Gasteiger charge is 2.39. The Balaban J connectivity index is 1.79. The van der Waals surface area contributed by atoms with Gasteiger partial charge in [-0.15, -0.1) is 0 Å². The minimum Gasteiger partial charge on any atom is -0.350 e. The van der Waals surface area contributed by atoms with E-state index in [1.165, 1.54) is 17.0 Å². The minimum atomic E-state index is -0.438. The predicted octanol–water partition coefficient (Wildman–Crippen LogP) is 5.80. The molecule has 4 nitrogen and oxygen atoms in total. The van der Waals surface area contributed by atoms with Gasteiger partial charge in [-0.2, -0.15) is 0 Å². The zero-order valence-electron chi connectivity index (χ0n) is 18.0. The molecule has 3 aromatic carbocycles. The number of nitrogens with zero attached hydrogens (tertiary/aromatic N) is 1. The van der Waals surface area contributed by atoms with E-state index in [4.69, 9.17) is 11.6 Å². The number of benzene rings is 3. The molecular formula is C26H22ClFN2O2.